The van der Waals surface area contributed by atoms with E-state index in [1.165, 1.54) is 18.1 Å². The summed E-state index contributed by atoms with van der Waals surface area (Å²) in [5.74, 6) is -0.474. The molecule has 1 N–H and O–H groups in total. The molecule has 0 aliphatic rings. The van der Waals surface area contributed by atoms with Gasteiger partial charge in [-0.3, -0.25) is 4.79 Å². The maximum Gasteiger partial charge on any atom is 0.306 e. The molecule has 9 nitrogen and oxygen atoms in total. The summed E-state index contributed by atoms with van der Waals surface area (Å²) in [6.45, 7) is 0.236. The highest BCUT2D eigenvalue weighted by atomic mass is 16.5. The molecule has 2 aromatic rings. The second-order valence-corrected chi connectivity index (χ2v) is 3.77. The first-order valence-electron chi connectivity index (χ1n) is 5.47. The van der Waals surface area contributed by atoms with Crippen molar-refractivity contribution >= 4 is 5.97 Å². The van der Waals surface area contributed by atoms with Gasteiger partial charge >= 0.3 is 5.97 Å². The van der Waals surface area contributed by atoms with Crippen LogP contribution in [0.25, 0.3) is 11.4 Å². The third kappa shape index (κ3) is 3.28. The molecule has 2 rings (SSSR count). The lowest BCUT2D eigenvalue weighted by Crippen LogP contribution is -2.23. The number of nitrogens with zero attached hydrogens (tertiary/aromatic N) is 6. The summed E-state index contributed by atoms with van der Waals surface area (Å²) in [4.78, 5) is 18.5. The Morgan fingerprint density at radius 2 is 2.21 bits per heavy atom. The summed E-state index contributed by atoms with van der Waals surface area (Å²) in [5, 5.41) is 20.0. The predicted molar refractivity (Wildman–Crippen MR) is 61.9 cm³/mol. The quantitative estimate of drug-likeness (QED) is 0.750. The van der Waals surface area contributed by atoms with Crippen molar-refractivity contribution in [3.63, 3.8) is 0 Å². The smallest absolute Gasteiger partial charge is 0.306 e. The second kappa shape index (κ2) is 5.96. The van der Waals surface area contributed by atoms with E-state index in [-0.39, 0.29) is 13.0 Å². The Balaban J connectivity index is 2.18. The normalized spacial score (nSPS) is 12.3. The third-order valence-corrected chi connectivity index (χ3v) is 2.46. The van der Waals surface area contributed by atoms with E-state index in [1.54, 1.807) is 12.4 Å². The highest BCUT2D eigenvalue weighted by Crippen LogP contribution is 2.13. The molecule has 100 valence electrons. The molecule has 9 heteroatoms. The number of carboxylic acids is 1. The lowest BCUT2D eigenvalue weighted by Gasteiger charge is -2.13. The van der Waals surface area contributed by atoms with Crippen molar-refractivity contribution in [2.45, 2.75) is 19.1 Å². The number of carboxylic acid groups (broad SMARTS) is 1. The Hall–Kier alpha value is -2.42. The maximum absolute atomic E-state index is 10.7. The number of aromatic nitrogens is 6. The van der Waals surface area contributed by atoms with Gasteiger partial charge in [-0.05, 0) is 10.4 Å². The van der Waals surface area contributed by atoms with E-state index in [0.29, 0.717) is 11.4 Å². The fraction of sp³-hybridized carbons (Fsp3) is 0.400. The zero-order chi connectivity index (χ0) is 13.7. The van der Waals surface area contributed by atoms with E-state index < -0.39 is 12.1 Å². The lowest BCUT2D eigenvalue weighted by atomic mass is 10.2. The van der Waals surface area contributed by atoms with Crippen LogP contribution in [0.1, 0.15) is 6.42 Å². The average molecular weight is 264 g/mol. The molecule has 2 heterocycles. The van der Waals surface area contributed by atoms with E-state index in [4.69, 9.17) is 9.84 Å². The first kappa shape index (κ1) is 13.0. The topological polar surface area (TPSA) is 116 Å². The van der Waals surface area contributed by atoms with Crippen LogP contribution in [0.4, 0.5) is 0 Å². The molecule has 0 saturated carbocycles. The minimum atomic E-state index is -0.940. The van der Waals surface area contributed by atoms with Gasteiger partial charge in [0.2, 0.25) is 0 Å². The molecule has 1 atom stereocenters. The highest BCUT2D eigenvalue weighted by Gasteiger charge is 2.17. The standard InChI is InChI=1S/C10H12N6O3/c1-19-8(2-9(17)18)5-16-10(13-14-15-16)7-3-11-6-12-4-7/h3-4,6,8H,2,5H2,1H3,(H,17,18). The van der Waals surface area contributed by atoms with Crippen LogP contribution in [-0.2, 0) is 16.1 Å². The van der Waals surface area contributed by atoms with Crippen LogP contribution in [-0.4, -0.2) is 54.5 Å². The summed E-state index contributed by atoms with van der Waals surface area (Å²) in [6.07, 6.45) is 3.92. The molecule has 0 aliphatic heterocycles. The summed E-state index contributed by atoms with van der Waals surface area (Å²) in [6, 6.07) is 0. The van der Waals surface area contributed by atoms with Crippen LogP contribution < -0.4 is 0 Å². The van der Waals surface area contributed by atoms with E-state index in [2.05, 4.69) is 25.5 Å². The molecule has 19 heavy (non-hydrogen) atoms. The molecule has 0 spiro atoms. The number of hydrogen-bond acceptors (Lipinski definition) is 7. The summed E-state index contributed by atoms with van der Waals surface area (Å²) in [5.41, 5.74) is 0.651. The lowest BCUT2D eigenvalue weighted by molar-refractivity contribution is -0.139. The van der Waals surface area contributed by atoms with Crippen LogP contribution in [0.5, 0.6) is 0 Å². The van der Waals surface area contributed by atoms with Gasteiger partial charge in [0.15, 0.2) is 5.82 Å². The monoisotopic (exact) mass is 264 g/mol. The number of methoxy groups -OCH3 is 1. The third-order valence-electron chi connectivity index (χ3n) is 2.46. The fourth-order valence-corrected chi connectivity index (χ4v) is 1.56. The van der Waals surface area contributed by atoms with Gasteiger partial charge < -0.3 is 9.84 Å². The number of carbonyl (C=O) groups is 1. The van der Waals surface area contributed by atoms with Crippen molar-refractivity contribution in [3.05, 3.63) is 18.7 Å². The Bertz CT molecular complexity index is 543. The van der Waals surface area contributed by atoms with Gasteiger partial charge in [0.25, 0.3) is 0 Å². The molecule has 0 amide bonds. The van der Waals surface area contributed by atoms with Crippen molar-refractivity contribution in [1.82, 2.24) is 30.2 Å². The predicted octanol–water partition coefficient (Wildman–Crippen LogP) is -0.380. The van der Waals surface area contributed by atoms with Crippen LogP contribution >= 0.6 is 0 Å². The van der Waals surface area contributed by atoms with Crippen LogP contribution in [0.3, 0.4) is 0 Å². The number of rotatable bonds is 6. The molecule has 1 unspecified atom stereocenters. The Kier molecular flexibility index (Phi) is 4.08. The van der Waals surface area contributed by atoms with Gasteiger partial charge in [0, 0.05) is 19.5 Å². The van der Waals surface area contributed by atoms with Crippen molar-refractivity contribution in [2.75, 3.05) is 7.11 Å². The van der Waals surface area contributed by atoms with Gasteiger partial charge in [-0.15, -0.1) is 5.10 Å². The summed E-state index contributed by atoms with van der Waals surface area (Å²) >= 11 is 0. The zero-order valence-corrected chi connectivity index (χ0v) is 10.2. The van der Waals surface area contributed by atoms with Crippen molar-refractivity contribution in [2.24, 2.45) is 0 Å². The minimum absolute atomic E-state index is 0.124. The first-order valence-corrected chi connectivity index (χ1v) is 5.47. The molecule has 0 saturated heterocycles. The van der Waals surface area contributed by atoms with Gasteiger partial charge in [0.05, 0.1) is 24.6 Å². The van der Waals surface area contributed by atoms with Crippen molar-refractivity contribution in [3.8, 4) is 11.4 Å². The van der Waals surface area contributed by atoms with Gasteiger partial charge in [-0.25, -0.2) is 14.6 Å². The molecule has 0 bridgehead atoms. The number of ether oxygens (including phenoxy) is 1. The SMILES string of the molecule is COC(CC(=O)O)Cn1nnnc1-c1cncnc1. The molecule has 0 aliphatic carbocycles. The van der Waals surface area contributed by atoms with Crippen molar-refractivity contribution < 1.29 is 14.6 Å². The van der Waals surface area contributed by atoms with Crippen LogP contribution in [0, 0.1) is 0 Å². The largest absolute Gasteiger partial charge is 0.481 e. The molecule has 2 aromatic heterocycles. The van der Waals surface area contributed by atoms with E-state index in [0.717, 1.165) is 0 Å². The summed E-state index contributed by atoms with van der Waals surface area (Å²) in [7, 11) is 1.45. The van der Waals surface area contributed by atoms with E-state index in [9.17, 15) is 4.79 Å². The van der Waals surface area contributed by atoms with Gasteiger partial charge in [-0.2, -0.15) is 0 Å². The van der Waals surface area contributed by atoms with E-state index >= 15 is 0 Å². The summed E-state index contributed by atoms with van der Waals surface area (Å²) < 4.78 is 6.56. The molecule has 0 radical (unpaired) electrons. The van der Waals surface area contributed by atoms with Crippen LogP contribution in [0.2, 0.25) is 0 Å². The number of hydrogen-bond donors (Lipinski definition) is 1. The van der Waals surface area contributed by atoms with Crippen molar-refractivity contribution in [1.29, 1.82) is 0 Å². The Morgan fingerprint density at radius 1 is 1.47 bits per heavy atom. The first-order chi connectivity index (χ1) is 9.20. The average Bonchev–Trinajstić information content (AvgIpc) is 2.86. The zero-order valence-electron chi connectivity index (χ0n) is 10.2. The number of aliphatic carboxylic acids is 1. The Morgan fingerprint density at radius 3 is 2.84 bits per heavy atom. The maximum atomic E-state index is 10.7. The molecular weight excluding hydrogens is 252 g/mol. The fourth-order valence-electron chi connectivity index (χ4n) is 1.56. The molecule has 0 aromatic carbocycles. The van der Waals surface area contributed by atoms with E-state index in [1.807, 2.05) is 0 Å². The number of tetrazole rings is 1. The molecular formula is C10H12N6O3. The highest BCUT2D eigenvalue weighted by molar-refractivity contribution is 5.67. The Labute approximate surface area is 108 Å². The minimum Gasteiger partial charge on any atom is -0.481 e. The van der Waals surface area contributed by atoms with Gasteiger partial charge in [-0.1, -0.05) is 0 Å². The van der Waals surface area contributed by atoms with Crippen LogP contribution in [0.15, 0.2) is 18.7 Å². The molecule has 0 fully saturated rings. The second-order valence-electron chi connectivity index (χ2n) is 3.77. The van der Waals surface area contributed by atoms with Gasteiger partial charge in [0.1, 0.15) is 6.33 Å².